The van der Waals surface area contributed by atoms with Gasteiger partial charge in [0.15, 0.2) is 0 Å². The molecule has 0 unspecified atom stereocenters. The van der Waals surface area contributed by atoms with E-state index >= 15 is 0 Å². The molecule has 0 heterocycles. The summed E-state index contributed by atoms with van der Waals surface area (Å²) in [5.41, 5.74) is -0.127. The molecule has 0 atom stereocenters. The third-order valence-corrected chi connectivity index (χ3v) is 4.39. The molecule has 19 heavy (non-hydrogen) atoms. The van der Waals surface area contributed by atoms with Crippen LogP contribution >= 0.6 is 10.7 Å². The molecule has 0 spiro atoms. The first-order chi connectivity index (χ1) is 8.84. The number of hydrogen-bond donors (Lipinski definition) is 0. The first-order valence-corrected chi connectivity index (χ1v) is 8.20. The molecule has 104 valence electrons. The lowest BCUT2D eigenvalue weighted by Gasteiger charge is -2.20. The Bertz CT molecular complexity index is 613. The number of rotatable bonds is 4. The first-order valence-electron chi connectivity index (χ1n) is 5.89. The molecular formula is C12H13ClFNO3S. The van der Waals surface area contributed by atoms with Crippen molar-refractivity contribution in [2.24, 2.45) is 0 Å². The molecule has 1 aromatic rings. The third kappa shape index (κ3) is 3.06. The van der Waals surface area contributed by atoms with E-state index in [1.165, 1.54) is 0 Å². The fraction of sp³-hybridized carbons (Fsp3) is 0.417. The van der Waals surface area contributed by atoms with Crippen LogP contribution in [0.1, 0.15) is 30.1 Å². The fourth-order valence-corrected chi connectivity index (χ4v) is 2.69. The zero-order valence-corrected chi connectivity index (χ0v) is 11.8. The van der Waals surface area contributed by atoms with Crippen molar-refractivity contribution in [2.45, 2.75) is 30.7 Å². The molecule has 1 aliphatic rings. The summed E-state index contributed by atoms with van der Waals surface area (Å²) in [6.45, 7) is 2.32. The molecule has 1 fully saturated rings. The van der Waals surface area contributed by atoms with Crippen LogP contribution in [-0.4, -0.2) is 31.8 Å². The number of benzene rings is 1. The molecule has 2 rings (SSSR count). The van der Waals surface area contributed by atoms with Gasteiger partial charge in [-0.25, -0.2) is 12.8 Å². The number of halogens is 2. The average Bonchev–Trinajstić information content (AvgIpc) is 3.13. The average molecular weight is 306 g/mol. The van der Waals surface area contributed by atoms with Gasteiger partial charge in [-0.15, -0.1) is 0 Å². The minimum Gasteiger partial charge on any atom is -0.336 e. The Balaban J connectivity index is 2.33. The minimum absolute atomic E-state index is 0.127. The predicted molar refractivity (Wildman–Crippen MR) is 69.2 cm³/mol. The van der Waals surface area contributed by atoms with Crippen molar-refractivity contribution >= 4 is 25.6 Å². The normalized spacial score (nSPS) is 15.3. The lowest BCUT2D eigenvalue weighted by molar-refractivity contribution is 0.0747. The lowest BCUT2D eigenvalue weighted by Crippen LogP contribution is -2.33. The molecule has 1 amide bonds. The Hall–Kier alpha value is -1.14. The Kier molecular flexibility index (Phi) is 3.82. The van der Waals surface area contributed by atoms with Crippen molar-refractivity contribution < 1.29 is 17.6 Å². The zero-order chi connectivity index (χ0) is 14.2. The molecule has 7 heteroatoms. The van der Waals surface area contributed by atoms with E-state index in [9.17, 15) is 17.6 Å². The molecule has 0 aliphatic heterocycles. The van der Waals surface area contributed by atoms with E-state index in [1.807, 2.05) is 6.92 Å². The second-order valence-electron chi connectivity index (χ2n) is 4.40. The van der Waals surface area contributed by atoms with Crippen LogP contribution in [0.2, 0.25) is 0 Å². The molecule has 0 radical (unpaired) electrons. The maximum Gasteiger partial charge on any atom is 0.261 e. The van der Waals surface area contributed by atoms with Crippen LogP contribution in [0.25, 0.3) is 0 Å². The Morgan fingerprint density at radius 1 is 1.47 bits per heavy atom. The summed E-state index contributed by atoms with van der Waals surface area (Å²) in [6.07, 6.45) is 1.85. The smallest absolute Gasteiger partial charge is 0.261 e. The topological polar surface area (TPSA) is 54.5 Å². The highest BCUT2D eigenvalue weighted by atomic mass is 35.7. The molecule has 1 saturated carbocycles. The van der Waals surface area contributed by atoms with Crippen LogP contribution in [0.4, 0.5) is 4.39 Å². The van der Waals surface area contributed by atoms with Crippen LogP contribution in [-0.2, 0) is 9.05 Å². The van der Waals surface area contributed by atoms with E-state index in [4.69, 9.17) is 10.7 Å². The summed E-state index contributed by atoms with van der Waals surface area (Å²) in [7, 11) is 1.13. The van der Waals surface area contributed by atoms with Crippen molar-refractivity contribution in [3.05, 3.63) is 29.6 Å². The zero-order valence-electron chi connectivity index (χ0n) is 10.3. The summed E-state index contributed by atoms with van der Waals surface area (Å²) in [4.78, 5) is 13.4. The number of carbonyl (C=O) groups is 1. The van der Waals surface area contributed by atoms with Gasteiger partial charge < -0.3 is 4.90 Å². The van der Waals surface area contributed by atoms with Gasteiger partial charge in [0.2, 0.25) is 0 Å². The van der Waals surface area contributed by atoms with Gasteiger partial charge in [-0.3, -0.25) is 4.79 Å². The van der Waals surface area contributed by atoms with Gasteiger partial charge in [0, 0.05) is 23.3 Å². The number of nitrogens with zero attached hydrogens (tertiary/aromatic N) is 1. The van der Waals surface area contributed by atoms with Crippen LogP contribution < -0.4 is 0 Å². The van der Waals surface area contributed by atoms with Gasteiger partial charge >= 0.3 is 0 Å². The number of hydrogen-bond acceptors (Lipinski definition) is 3. The number of carbonyl (C=O) groups excluding carboxylic acids is 1. The first kappa shape index (κ1) is 14.3. The summed E-state index contributed by atoms with van der Waals surface area (Å²) in [5, 5.41) is 0. The van der Waals surface area contributed by atoms with Crippen molar-refractivity contribution in [2.75, 3.05) is 6.54 Å². The summed E-state index contributed by atoms with van der Waals surface area (Å²) in [6, 6.07) is 3.25. The van der Waals surface area contributed by atoms with Crippen molar-refractivity contribution in [1.82, 2.24) is 4.90 Å². The second kappa shape index (κ2) is 5.09. The standard InChI is InChI=1S/C12H13ClFNO3S/c1-2-15(8-3-4-8)12(16)10-6-5-9(7-11(10)14)19(13,17)18/h5-8H,2-4H2,1H3. The van der Waals surface area contributed by atoms with Gasteiger partial charge in [0.25, 0.3) is 15.0 Å². The van der Waals surface area contributed by atoms with Gasteiger partial charge in [-0.1, -0.05) is 0 Å². The van der Waals surface area contributed by atoms with E-state index < -0.39 is 20.8 Å². The van der Waals surface area contributed by atoms with E-state index in [0.29, 0.717) is 6.54 Å². The van der Waals surface area contributed by atoms with Crippen LogP contribution in [0.3, 0.4) is 0 Å². The third-order valence-electron chi connectivity index (χ3n) is 3.04. The quantitative estimate of drug-likeness (QED) is 0.803. The van der Waals surface area contributed by atoms with Gasteiger partial charge in [-0.05, 0) is 38.0 Å². The second-order valence-corrected chi connectivity index (χ2v) is 6.97. The Morgan fingerprint density at radius 2 is 2.11 bits per heavy atom. The minimum atomic E-state index is -3.99. The molecule has 0 aromatic heterocycles. The van der Waals surface area contributed by atoms with E-state index in [-0.39, 0.29) is 16.5 Å². The maximum absolute atomic E-state index is 13.8. The maximum atomic E-state index is 13.8. The van der Waals surface area contributed by atoms with Crippen LogP contribution in [0.15, 0.2) is 23.1 Å². The van der Waals surface area contributed by atoms with Gasteiger partial charge in [0.1, 0.15) is 5.82 Å². The molecule has 4 nitrogen and oxygen atoms in total. The lowest BCUT2D eigenvalue weighted by atomic mass is 10.2. The summed E-state index contributed by atoms with van der Waals surface area (Å²) < 4.78 is 36.0. The highest BCUT2D eigenvalue weighted by Gasteiger charge is 2.33. The van der Waals surface area contributed by atoms with Crippen LogP contribution in [0.5, 0.6) is 0 Å². The SMILES string of the molecule is CCN(C(=O)c1ccc(S(=O)(=O)Cl)cc1F)C1CC1. The van der Waals surface area contributed by atoms with E-state index in [2.05, 4.69) is 0 Å². The van der Waals surface area contributed by atoms with E-state index in [1.54, 1.807) is 4.90 Å². The molecule has 0 N–H and O–H groups in total. The van der Waals surface area contributed by atoms with Gasteiger partial charge in [0.05, 0.1) is 10.5 Å². The molecular weight excluding hydrogens is 293 g/mol. The highest BCUT2D eigenvalue weighted by Crippen LogP contribution is 2.29. The molecule has 0 bridgehead atoms. The fourth-order valence-electron chi connectivity index (χ4n) is 1.93. The van der Waals surface area contributed by atoms with Crippen molar-refractivity contribution in [1.29, 1.82) is 0 Å². The van der Waals surface area contributed by atoms with Crippen LogP contribution in [0, 0.1) is 5.82 Å². The summed E-state index contributed by atoms with van der Waals surface area (Å²) in [5.74, 6) is -1.29. The number of amides is 1. The predicted octanol–water partition coefficient (Wildman–Crippen LogP) is 2.38. The van der Waals surface area contributed by atoms with Gasteiger partial charge in [-0.2, -0.15) is 0 Å². The molecule has 1 aromatic carbocycles. The molecule has 1 aliphatic carbocycles. The Morgan fingerprint density at radius 3 is 2.53 bits per heavy atom. The highest BCUT2D eigenvalue weighted by molar-refractivity contribution is 8.13. The van der Waals surface area contributed by atoms with E-state index in [0.717, 1.165) is 31.0 Å². The van der Waals surface area contributed by atoms with Crippen molar-refractivity contribution in [3.63, 3.8) is 0 Å². The Labute approximate surface area is 115 Å². The largest absolute Gasteiger partial charge is 0.336 e. The molecule has 0 saturated heterocycles. The summed E-state index contributed by atoms with van der Waals surface area (Å²) >= 11 is 0. The monoisotopic (exact) mass is 305 g/mol. The van der Waals surface area contributed by atoms with Crippen molar-refractivity contribution in [3.8, 4) is 0 Å².